The van der Waals surface area contributed by atoms with E-state index in [9.17, 15) is 0 Å². The predicted octanol–water partition coefficient (Wildman–Crippen LogP) is 1.76. The molecule has 0 bridgehead atoms. The van der Waals surface area contributed by atoms with Gasteiger partial charge in [-0.25, -0.2) is 0 Å². The van der Waals surface area contributed by atoms with Gasteiger partial charge in [0.25, 0.3) is 0 Å². The Morgan fingerprint density at radius 3 is 0.800 bits per heavy atom. The molecule has 0 heterocycles. The second kappa shape index (κ2) is 26.4. The molecule has 0 rings (SSSR count). The van der Waals surface area contributed by atoms with Crippen molar-refractivity contribution in [3.05, 3.63) is 0 Å². The molecule has 5 heteroatoms. The molecule has 0 N–H and O–H groups in total. The summed E-state index contributed by atoms with van der Waals surface area (Å²) in [7, 11) is 0. The van der Waals surface area contributed by atoms with Crippen molar-refractivity contribution in [2.75, 3.05) is 0 Å². The van der Waals surface area contributed by atoms with Crippen LogP contribution in [0.1, 0.15) is 0 Å². The molecule has 0 aromatic carbocycles. The molecule has 0 spiro atoms. The van der Waals surface area contributed by atoms with Gasteiger partial charge in [0, 0.05) is 0 Å². The van der Waals surface area contributed by atoms with Crippen molar-refractivity contribution in [1.82, 2.24) is 0 Å². The van der Waals surface area contributed by atoms with Crippen LogP contribution >= 0.6 is 38.7 Å². The zero-order chi connectivity index (χ0) is 4.00. The van der Waals surface area contributed by atoms with E-state index in [4.69, 9.17) is 0 Å². The van der Waals surface area contributed by atoms with Crippen LogP contribution in [0.3, 0.4) is 0 Å². The second-order valence-corrected chi connectivity index (χ2v) is 0. The molecule has 0 aliphatic carbocycles. The van der Waals surface area contributed by atoms with Crippen LogP contribution < -0.4 is 0 Å². The minimum absolute atomic E-state index is 0. The fourth-order valence-electron chi connectivity index (χ4n) is 0. The summed E-state index contributed by atoms with van der Waals surface area (Å²) in [6.45, 7) is 0. The standard InChI is InChI=1S/Co.2HI.2Pt/h;2*1H;;/q+2;;;;/p-2. The van der Waals surface area contributed by atoms with E-state index in [1.165, 1.54) is 0 Å². The number of halogens is 2. The Labute approximate surface area is 85.6 Å². The van der Waals surface area contributed by atoms with E-state index in [1.54, 1.807) is 0 Å². The molecule has 0 aliphatic rings. The molecule has 0 saturated heterocycles. The molecular weight excluding hydrogens is 703 g/mol. The van der Waals surface area contributed by atoms with Crippen LogP contribution in [0.25, 0.3) is 0 Å². The zero-order valence-corrected chi connectivity index (χ0v) is 11.6. The van der Waals surface area contributed by atoms with E-state index in [0.29, 0.717) is 0 Å². The average Bonchev–Trinajstić information content (AvgIpc) is 1.50. The summed E-state index contributed by atoms with van der Waals surface area (Å²) in [6, 6.07) is 0. The molecule has 0 fully saturated rings. The summed E-state index contributed by atoms with van der Waals surface area (Å²) in [5.41, 5.74) is 0. The Bertz CT molecular complexity index is 7.61. The van der Waals surface area contributed by atoms with Crippen LogP contribution in [0.15, 0.2) is 0 Å². The molecule has 0 aromatic heterocycles. The zero-order valence-electron chi connectivity index (χ0n) is 1.72. The van der Waals surface area contributed by atoms with E-state index in [0.717, 1.165) is 0 Å². The maximum atomic E-state index is 2.12. The quantitative estimate of drug-likeness (QED) is 0.338. The first-order valence-corrected chi connectivity index (χ1v) is 13.1. The van der Waals surface area contributed by atoms with Crippen molar-refractivity contribution in [3.63, 3.8) is 0 Å². The number of rotatable bonds is 0. The molecular formula is CoI2Pt2. The second-order valence-electron chi connectivity index (χ2n) is 0. The molecule has 5 heavy (non-hydrogen) atoms. The average molecular weight is 703 g/mol. The Morgan fingerprint density at radius 1 is 0.800 bits per heavy atom. The van der Waals surface area contributed by atoms with Gasteiger partial charge in [-0.3, -0.25) is 0 Å². The Kier molecular flexibility index (Phi) is 83.3. The van der Waals surface area contributed by atoms with Crippen LogP contribution in [0.2, 0.25) is 0 Å². The van der Waals surface area contributed by atoms with Crippen molar-refractivity contribution in [1.29, 1.82) is 0 Å². The molecule has 43 valence electrons. The van der Waals surface area contributed by atoms with E-state index in [-0.39, 0.29) is 16.8 Å². The van der Waals surface area contributed by atoms with Crippen LogP contribution in [-0.4, -0.2) is 0 Å². The van der Waals surface area contributed by atoms with Crippen LogP contribution in [0.5, 0.6) is 0 Å². The van der Waals surface area contributed by atoms with E-state index in [2.05, 4.69) is 71.0 Å². The van der Waals surface area contributed by atoms with Gasteiger partial charge in [-0.1, -0.05) is 0 Å². The first kappa shape index (κ1) is 15.8. The molecule has 0 saturated carbocycles. The molecule has 0 aromatic rings. The van der Waals surface area contributed by atoms with Gasteiger partial charge in [-0.15, -0.1) is 0 Å². The summed E-state index contributed by atoms with van der Waals surface area (Å²) in [4.78, 5) is 0. The predicted molar refractivity (Wildman–Crippen MR) is 28.0 cm³/mol. The summed E-state index contributed by atoms with van der Waals surface area (Å²) in [6.07, 6.45) is 0. The molecule has 0 amide bonds. The van der Waals surface area contributed by atoms with Crippen molar-refractivity contribution in [2.45, 2.75) is 0 Å². The van der Waals surface area contributed by atoms with E-state index < -0.39 is 0 Å². The third kappa shape index (κ3) is 18.8. The van der Waals surface area contributed by atoms with Gasteiger partial charge in [0.2, 0.25) is 0 Å². The maximum absolute atomic E-state index is 2.12. The van der Waals surface area contributed by atoms with Crippen LogP contribution in [0, 0.1) is 0 Å². The van der Waals surface area contributed by atoms with Gasteiger partial charge in [-0.05, 0) is 0 Å². The fraction of sp³-hybridized carbons (Fsp3) is 0. The topological polar surface area (TPSA) is 0 Å². The minimum atomic E-state index is 0. The van der Waals surface area contributed by atoms with Gasteiger partial charge in [-0.2, -0.15) is 0 Å². The van der Waals surface area contributed by atoms with Gasteiger partial charge >= 0.3 is 87.8 Å². The first-order valence-electron chi connectivity index (χ1n) is 0.239. The normalized spacial score (nSPS) is 2.80. The third-order valence-electron chi connectivity index (χ3n) is 0. The number of hydrogen-bond donors (Lipinski definition) is 0. The Morgan fingerprint density at radius 2 is 0.800 bits per heavy atom. The van der Waals surface area contributed by atoms with Gasteiger partial charge in [0.05, 0.1) is 0 Å². The fourth-order valence-corrected chi connectivity index (χ4v) is 0. The molecule has 0 aliphatic heterocycles. The van der Waals surface area contributed by atoms with Crippen LogP contribution in [-0.2, 0) is 49.0 Å². The summed E-state index contributed by atoms with van der Waals surface area (Å²) in [5, 5.41) is 0. The summed E-state index contributed by atoms with van der Waals surface area (Å²) < 4.78 is 0. The van der Waals surface area contributed by atoms with Gasteiger partial charge < -0.3 is 0 Å². The molecule has 0 atom stereocenters. The van der Waals surface area contributed by atoms with Crippen molar-refractivity contribution < 1.29 is 49.0 Å². The molecule has 1 radical (unpaired) electrons. The third-order valence-corrected chi connectivity index (χ3v) is 0. The number of hydrogen-bond acceptors (Lipinski definition) is 0. The molecule has 0 unspecified atom stereocenters. The first-order chi connectivity index (χ1) is 2.00. The van der Waals surface area contributed by atoms with Crippen LogP contribution in [0.4, 0.5) is 0 Å². The summed E-state index contributed by atoms with van der Waals surface area (Å²) in [5.74, 6) is 0. The molecule has 0 nitrogen and oxygen atoms in total. The van der Waals surface area contributed by atoms with Gasteiger partial charge in [0.15, 0.2) is 0 Å². The SMILES string of the molecule is [Co+2].[I][Pt-].[I][Pt-]. The Hall–Kier alpha value is 3.34. The van der Waals surface area contributed by atoms with E-state index in [1.807, 2.05) is 0 Å². The van der Waals surface area contributed by atoms with Crippen molar-refractivity contribution >= 4 is 38.7 Å². The van der Waals surface area contributed by atoms with Gasteiger partial charge in [0.1, 0.15) is 0 Å². The monoisotopic (exact) mass is 703 g/mol. The van der Waals surface area contributed by atoms with E-state index >= 15 is 0 Å². The summed E-state index contributed by atoms with van der Waals surface area (Å²) >= 11 is 8.46. The van der Waals surface area contributed by atoms with Crippen molar-refractivity contribution in [3.8, 4) is 0 Å². The van der Waals surface area contributed by atoms with Crippen molar-refractivity contribution in [2.24, 2.45) is 0 Å². The Balaban J connectivity index is -0.0000000133.